The van der Waals surface area contributed by atoms with E-state index in [1.165, 1.54) is 0 Å². The normalized spacial score (nSPS) is 11.4. The molecule has 0 bridgehead atoms. The molecule has 1 N–H and O–H groups in total. The van der Waals surface area contributed by atoms with Crippen molar-refractivity contribution < 1.29 is 9.53 Å². The predicted molar refractivity (Wildman–Crippen MR) is 73.0 cm³/mol. The van der Waals surface area contributed by atoms with E-state index in [-0.39, 0.29) is 5.91 Å². The SMILES string of the molecule is CCC=C(C)C(=O)NCc1ccccc1COC. The maximum absolute atomic E-state index is 11.8. The van der Waals surface area contributed by atoms with Crippen LogP contribution in [0.3, 0.4) is 0 Å². The summed E-state index contributed by atoms with van der Waals surface area (Å²) in [5.41, 5.74) is 2.97. The molecule has 0 unspecified atom stereocenters. The highest BCUT2D eigenvalue weighted by Crippen LogP contribution is 2.09. The smallest absolute Gasteiger partial charge is 0.246 e. The van der Waals surface area contributed by atoms with Gasteiger partial charge >= 0.3 is 0 Å². The first-order valence-electron chi connectivity index (χ1n) is 6.19. The van der Waals surface area contributed by atoms with Gasteiger partial charge in [0.25, 0.3) is 0 Å². The van der Waals surface area contributed by atoms with Crippen LogP contribution in [-0.4, -0.2) is 13.0 Å². The van der Waals surface area contributed by atoms with E-state index in [0.717, 1.165) is 23.1 Å². The van der Waals surface area contributed by atoms with Crippen molar-refractivity contribution in [2.75, 3.05) is 7.11 Å². The van der Waals surface area contributed by atoms with Gasteiger partial charge in [-0.25, -0.2) is 0 Å². The molecule has 1 amide bonds. The van der Waals surface area contributed by atoms with Gasteiger partial charge in [-0.1, -0.05) is 37.3 Å². The predicted octanol–water partition coefficient (Wildman–Crippen LogP) is 2.81. The monoisotopic (exact) mass is 247 g/mol. The average Bonchev–Trinajstić information content (AvgIpc) is 2.38. The lowest BCUT2D eigenvalue weighted by atomic mass is 10.1. The van der Waals surface area contributed by atoms with Gasteiger partial charge in [0.1, 0.15) is 0 Å². The summed E-state index contributed by atoms with van der Waals surface area (Å²) >= 11 is 0. The topological polar surface area (TPSA) is 38.3 Å². The molecule has 0 saturated heterocycles. The zero-order valence-electron chi connectivity index (χ0n) is 11.3. The number of hydrogen-bond acceptors (Lipinski definition) is 2. The Kier molecular flexibility index (Phi) is 6.15. The summed E-state index contributed by atoms with van der Waals surface area (Å²) < 4.78 is 5.14. The van der Waals surface area contributed by atoms with Crippen molar-refractivity contribution in [3.63, 3.8) is 0 Å². The van der Waals surface area contributed by atoms with E-state index < -0.39 is 0 Å². The molecule has 0 aliphatic rings. The van der Waals surface area contributed by atoms with Crippen LogP contribution in [0.25, 0.3) is 0 Å². The zero-order valence-corrected chi connectivity index (χ0v) is 11.3. The van der Waals surface area contributed by atoms with Crippen molar-refractivity contribution in [2.24, 2.45) is 0 Å². The molecule has 1 aromatic carbocycles. The number of carbonyl (C=O) groups is 1. The largest absolute Gasteiger partial charge is 0.380 e. The van der Waals surface area contributed by atoms with E-state index in [1.54, 1.807) is 7.11 Å². The fourth-order valence-corrected chi connectivity index (χ4v) is 1.74. The number of benzene rings is 1. The van der Waals surface area contributed by atoms with E-state index in [1.807, 2.05) is 44.2 Å². The van der Waals surface area contributed by atoms with Crippen molar-refractivity contribution in [1.29, 1.82) is 0 Å². The van der Waals surface area contributed by atoms with E-state index in [9.17, 15) is 4.79 Å². The van der Waals surface area contributed by atoms with Crippen molar-refractivity contribution in [3.05, 3.63) is 47.0 Å². The summed E-state index contributed by atoms with van der Waals surface area (Å²) in [6.07, 6.45) is 2.80. The van der Waals surface area contributed by atoms with Crippen molar-refractivity contribution in [3.8, 4) is 0 Å². The summed E-state index contributed by atoms with van der Waals surface area (Å²) in [4.78, 5) is 11.8. The maximum atomic E-state index is 11.8. The summed E-state index contributed by atoms with van der Waals surface area (Å²) in [7, 11) is 1.67. The number of hydrogen-bond donors (Lipinski definition) is 1. The second-order valence-electron chi connectivity index (χ2n) is 4.18. The van der Waals surface area contributed by atoms with Gasteiger partial charge in [-0.05, 0) is 24.5 Å². The highest BCUT2D eigenvalue weighted by molar-refractivity contribution is 5.92. The fraction of sp³-hybridized carbons (Fsp3) is 0.400. The van der Waals surface area contributed by atoms with Gasteiger partial charge in [-0.15, -0.1) is 0 Å². The Hall–Kier alpha value is -1.61. The second-order valence-corrected chi connectivity index (χ2v) is 4.18. The summed E-state index contributed by atoms with van der Waals surface area (Å²) in [6, 6.07) is 7.96. The van der Waals surface area contributed by atoms with Gasteiger partial charge in [0.05, 0.1) is 6.61 Å². The number of methoxy groups -OCH3 is 1. The van der Waals surface area contributed by atoms with Gasteiger partial charge < -0.3 is 10.1 Å². The molecule has 0 radical (unpaired) electrons. The van der Waals surface area contributed by atoms with Crippen LogP contribution in [0.4, 0.5) is 0 Å². The van der Waals surface area contributed by atoms with Crippen LogP contribution in [0.2, 0.25) is 0 Å². The molecule has 0 fully saturated rings. The quantitative estimate of drug-likeness (QED) is 0.785. The van der Waals surface area contributed by atoms with Crippen LogP contribution in [0.1, 0.15) is 31.4 Å². The molecule has 3 heteroatoms. The molecular formula is C15H21NO2. The molecule has 1 aromatic rings. The van der Waals surface area contributed by atoms with Gasteiger partial charge in [0.2, 0.25) is 5.91 Å². The molecule has 0 spiro atoms. The second kappa shape index (κ2) is 7.67. The van der Waals surface area contributed by atoms with E-state index >= 15 is 0 Å². The van der Waals surface area contributed by atoms with Gasteiger partial charge in [0, 0.05) is 19.2 Å². The molecule has 1 rings (SSSR count). The Bertz CT molecular complexity index is 424. The minimum Gasteiger partial charge on any atom is -0.380 e. The van der Waals surface area contributed by atoms with Crippen LogP contribution in [0.5, 0.6) is 0 Å². The number of carbonyl (C=O) groups excluding carboxylic acids is 1. The molecule has 0 saturated carbocycles. The van der Waals surface area contributed by atoms with Crippen molar-refractivity contribution >= 4 is 5.91 Å². The number of rotatable bonds is 6. The Labute approximate surface area is 109 Å². The lowest BCUT2D eigenvalue weighted by molar-refractivity contribution is -0.117. The van der Waals surface area contributed by atoms with Crippen LogP contribution in [-0.2, 0) is 22.7 Å². The first-order chi connectivity index (χ1) is 8.69. The van der Waals surface area contributed by atoms with Gasteiger partial charge in [0.15, 0.2) is 0 Å². The number of allylic oxidation sites excluding steroid dienone is 1. The van der Waals surface area contributed by atoms with Crippen LogP contribution in [0.15, 0.2) is 35.9 Å². The van der Waals surface area contributed by atoms with E-state index in [0.29, 0.717) is 13.2 Å². The molecule has 0 aromatic heterocycles. The lowest BCUT2D eigenvalue weighted by Crippen LogP contribution is -2.24. The average molecular weight is 247 g/mol. The van der Waals surface area contributed by atoms with E-state index in [2.05, 4.69) is 5.32 Å². The summed E-state index contributed by atoms with van der Waals surface area (Å²) in [6.45, 7) is 4.95. The minimum atomic E-state index is -0.0101. The van der Waals surface area contributed by atoms with Crippen LogP contribution >= 0.6 is 0 Å². The Morgan fingerprint density at radius 1 is 1.33 bits per heavy atom. The molecule has 0 atom stereocenters. The summed E-state index contributed by atoms with van der Waals surface area (Å²) in [5.74, 6) is -0.0101. The van der Waals surface area contributed by atoms with Gasteiger partial charge in [-0.3, -0.25) is 4.79 Å². The Balaban J connectivity index is 2.63. The lowest BCUT2D eigenvalue weighted by Gasteiger charge is -2.10. The minimum absolute atomic E-state index is 0.0101. The maximum Gasteiger partial charge on any atom is 0.246 e. The van der Waals surface area contributed by atoms with Crippen molar-refractivity contribution in [1.82, 2.24) is 5.32 Å². The first-order valence-corrected chi connectivity index (χ1v) is 6.19. The molecule has 0 aliphatic heterocycles. The molecule has 3 nitrogen and oxygen atoms in total. The molecule has 0 aliphatic carbocycles. The van der Waals surface area contributed by atoms with E-state index in [4.69, 9.17) is 4.74 Å². The third kappa shape index (κ3) is 4.34. The Morgan fingerprint density at radius 3 is 2.61 bits per heavy atom. The third-order valence-electron chi connectivity index (χ3n) is 2.73. The highest BCUT2D eigenvalue weighted by atomic mass is 16.5. The number of amides is 1. The molecular weight excluding hydrogens is 226 g/mol. The standard InChI is InChI=1S/C15H21NO2/c1-4-7-12(2)15(17)16-10-13-8-5-6-9-14(13)11-18-3/h5-9H,4,10-11H2,1-3H3,(H,16,17). The van der Waals surface area contributed by atoms with Gasteiger partial charge in [-0.2, -0.15) is 0 Å². The number of ether oxygens (including phenoxy) is 1. The fourth-order valence-electron chi connectivity index (χ4n) is 1.74. The Morgan fingerprint density at radius 2 is 2.00 bits per heavy atom. The summed E-state index contributed by atoms with van der Waals surface area (Å²) in [5, 5.41) is 2.92. The molecule has 98 valence electrons. The highest BCUT2D eigenvalue weighted by Gasteiger charge is 2.05. The molecule has 0 heterocycles. The zero-order chi connectivity index (χ0) is 13.4. The van der Waals surface area contributed by atoms with Crippen LogP contribution < -0.4 is 5.32 Å². The van der Waals surface area contributed by atoms with Crippen LogP contribution in [0, 0.1) is 0 Å². The van der Waals surface area contributed by atoms with Crippen molar-refractivity contribution in [2.45, 2.75) is 33.4 Å². The molecule has 18 heavy (non-hydrogen) atoms. The third-order valence-corrected chi connectivity index (χ3v) is 2.73. The number of nitrogens with one attached hydrogen (secondary N) is 1. The first kappa shape index (κ1) is 14.5.